The van der Waals surface area contributed by atoms with Gasteiger partial charge in [-0.05, 0) is 37.1 Å². The van der Waals surface area contributed by atoms with Crippen LogP contribution in [0, 0.1) is 5.82 Å². The minimum absolute atomic E-state index is 0. The Morgan fingerprint density at radius 1 is 1.46 bits per heavy atom. The Balaban J connectivity index is 0.00000243. The maximum atomic E-state index is 13.9. The lowest BCUT2D eigenvalue weighted by Crippen LogP contribution is -2.40. The van der Waals surface area contributed by atoms with Crippen molar-refractivity contribution in [3.63, 3.8) is 0 Å². The molecule has 5 nitrogen and oxygen atoms in total. The molecule has 1 aliphatic heterocycles. The lowest BCUT2D eigenvalue weighted by Gasteiger charge is -2.21. The topological polar surface area (TPSA) is 45.5 Å². The molecule has 0 aliphatic carbocycles. The van der Waals surface area contributed by atoms with Gasteiger partial charge in [-0.1, -0.05) is 15.9 Å². The van der Waals surface area contributed by atoms with Crippen LogP contribution in [-0.2, 0) is 13.6 Å². The monoisotopic (exact) mass is 535 g/mol. The highest BCUT2D eigenvalue weighted by atomic mass is 127. The second-order valence-electron chi connectivity index (χ2n) is 6.28. The van der Waals surface area contributed by atoms with Crippen molar-refractivity contribution >= 4 is 45.9 Å². The maximum Gasteiger partial charge on any atom is 0.194 e. The number of hydrogen-bond acceptors (Lipinski definition) is 2. The molecule has 1 unspecified atom stereocenters. The van der Waals surface area contributed by atoms with E-state index in [1.54, 1.807) is 12.1 Å². The zero-order chi connectivity index (χ0) is 17.8. The van der Waals surface area contributed by atoms with Crippen LogP contribution in [0.4, 0.5) is 4.39 Å². The summed E-state index contributed by atoms with van der Waals surface area (Å²) < 4.78 is 16.6. The molecular formula is C18H24BrFIN5. The molecule has 3 rings (SSSR count). The molecule has 0 spiro atoms. The first-order chi connectivity index (χ1) is 12.1. The average Bonchev–Trinajstić information content (AvgIpc) is 3.23. The Morgan fingerprint density at radius 2 is 2.27 bits per heavy atom. The van der Waals surface area contributed by atoms with E-state index in [2.05, 4.69) is 42.4 Å². The van der Waals surface area contributed by atoms with Crippen LogP contribution < -0.4 is 5.32 Å². The van der Waals surface area contributed by atoms with Gasteiger partial charge in [-0.3, -0.25) is 4.68 Å². The van der Waals surface area contributed by atoms with E-state index in [0.29, 0.717) is 18.0 Å². The van der Waals surface area contributed by atoms with Crippen LogP contribution in [0.3, 0.4) is 0 Å². The number of nitrogens with zero attached hydrogens (tertiary/aromatic N) is 4. The van der Waals surface area contributed by atoms with Gasteiger partial charge in [0.1, 0.15) is 5.82 Å². The van der Waals surface area contributed by atoms with Gasteiger partial charge in [0.25, 0.3) is 0 Å². The molecule has 2 aromatic rings. The van der Waals surface area contributed by atoms with E-state index >= 15 is 0 Å². The van der Waals surface area contributed by atoms with Crippen molar-refractivity contribution in [1.82, 2.24) is 20.0 Å². The van der Waals surface area contributed by atoms with Gasteiger partial charge in [0.2, 0.25) is 0 Å². The minimum Gasteiger partial charge on any atom is -0.357 e. The number of aromatic nitrogens is 2. The number of halogens is 3. The summed E-state index contributed by atoms with van der Waals surface area (Å²) in [5.41, 5.74) is 1.85. The van der Waals surface area contributed by atoms with Gasteiger partial charge in [-0.25, -0.2) is 9.38 Å². The van der Waals surface area contributed by atoms with Gasteiger partial charge < -0.3 is 10.2 Å². The van der Waals surface area contributed by atoms with E-state index in [4.69, 9.17) is 0 Å². The third-order valence-electron chi connectivity index (χ3n) is 4.43. The number of aryl methyl sites for hydroxylation is 1. The van der Waals surface area contributed by atoms with E-state index in [9.17, 15) is 4.39 Å². The van der Waals surface area contributed by atoms with E-state index in [0.717, 1.165) is 36.5 Å². The number of rotatable bonds is 4. The molecule has 1 fully saturated rings. The Hall–Kier alpha value is -1.16. The van der Waals surface area contributed by atoms with Crippen molar-refractivity contribution in [1.29, 1.82) is 0 Å². The van der Waals surface area contributed by atoms with Gasteiger partial charge in [-0.15, -0.1) is 24.0 Å². The SMILES string of the molecule is CCNC(=NCc1cc(Br)ccc1F)N1CCC(c2cnn(C)c2)C1.I. The van der Waals surface area contributed by atoms with Crippen LogP contribution in [0.5, 0.6) is 0 Å². The fraction of sp³-hybridized carbons (Fsp3) is 0.444. The predicted octanol–water partition coefficient (Wildman–Crippen LogP) is 3.89. The summed E-state index contributed by atoms with van der Waals surface area (Å²) >= 11 is 3.39. The zero-order valence-electron chi connectivity index (χ0n) is 15.0. The highest BCUT2D eigenvalue weighted by molar-refractivity contribution is 14.0. The van der Waals surface area contributed by atoms with Gasteiger partial charge in [0.15, 0.2) is 5.96 Å². The zero-order valence-corrected chi connectivity index (χ0v) is 18.9. The lowest BCUT2D eigenvalue weighted by atomic mass is 10.0. The number of likely N-dealkylation sites (tertiary alicyclic amines) is 1. The molecule has 1 atom stereocenters. The van der Waals surface area contributed by atoms with Crippen LogP contribution in [0.2, 0.25) is 0 Å². The van der Waals surface area contributed by atoms with Crippen molar-refractivity contribution in [2.24, 2.45) is 12.0 Å². The van der Waals surface area contributed by atoms with Crippen LogP contribution in [0.15, 0.2) is 40.1 Å². The van der Waals surface area contributed by atoms with Gasteiger partial charge in [-0.2, -0.15) is 5.10 Å². The van der Waals surface area contributed by atoms with Crippen LogP contribution in [-0.4, -0.2) is 40.3 Å². The van der Waals surface area contributed by atoms with Gasteiger partial charge in [0.05, 0.1) is 12.7 Å². The first-order valence-corrected chi connectivity index (χ1v) is 9.32. The smallest absolute Gasteiger partial charge is 0.194 e. The Morgan fingerprint density at radius 3 is 2.96 bits per heavy atom. The first kappa shape index (κ1) is 21.1. The molecule has 1 aromatic carbocycles. The molecule has 0 radical (unpaired) electrons. The summed E-state index contributed by atoms with van der Waals surface area (Å²) in [5, 5.41) is 7.59. The molecule has 26 heavy (non-hydrogen) atoms. The Bertz CT molecular complexity index is 764. The predicted molar refractivity (Wildman–Crippen MR) is 116 cm³/mol. The van der Waals surface area contributed by atoms with Crippen molar-refractivity contribution in [2.75, 3.05) is 19.6 Å². The first-order valence-electron chi connectivity index (χ1n) is 8.52. The van der Waals surface area contributed by atoms with E-state index in [-0.39, 0.29) is 29.8 Å². The molecule has 1 saturated heterocycles. The number of aliphatic imine (C=N–C) groups is 1. The molecule has 0 saturated carbocycles. The van der Waals surface area contributed by atoms with Crippen LogP contribution >= 0.6 is 39.9 Å². The summed E-state index contributed by atoms with van der Waals surface area (Å²) in [7, 11) is 1.94. The van der Waals surface area contributed by atoms with E-state index < -0.39 is 0 Å². The molecule has 8 heteroatoms. The number of hydrogen-bond donors (Lipinski definition) is 1. The second-order valence-corrected chi connectivity index (χ2v) is 7.20. The molecule has 0 bridgehead atoms. The van der Waals surface area contributed by atoms with E-state index in [1.165, 1.54) is 11.6 Å². The highest BCUT2D eigenvalue weighted by Gasteiger charge is 2.26. The highest BCUT2D eigenvalue weighted by Crippen LogP contribution is 2.27. The third kappa shape index (κ3) is 5.18. The molecule has 1 aromatic heterocycles. The van der Waals surface area contributed by atoms with Crippen molar-refractivity contribution < 1.29 is 4.39 Å². The number of nitrogens with one attached hydrogen (secondary N) is 1. The van der Waals surface area contributed by atoms with Crippen molar-refractivity contribution in [3.05, 3.63) is 52.0 Å². The summed E-state index contributed by atoms with van der Waals surface area (Å²) in [6.45, 7) is 4.99. The molecular weight excluding hydrogens is 512 g/mol. The number of benzene rings is 1. The molecule has 1 aliphatic rings. The molecule has 2 heterocycles. The van der Waals surface area contributed by atoms with Gasteiger partial charge in [0, 0.05) is 48.8 Å². The quantitative estimate of drug-likeness (QED) is 0.367. The summed E-state index contributed by atoms with van der Waals surface area (Å²) in [5.74, 6) is 1.07. The normalized spacial score (nSPS) is 17.3. The summed E-state index contributed by atoms with van der Waals surface area (Å²) in [6.07, 6.45) is 5.09. The van der Waals surface area contributed by atoms with Crippen LogP contribution in [0.1, 0.15) is 30.4 Å². The summed E-state index contributed by atoms with van der Waals surface area (Å²) in [4.78, 5) is 6.90. The second kappa shape index (κ2) is 9.68. The Kier molecular flexibility index (Phi) is 7.87. The van der Waals surface area contributed by atoms with Crippen LogP contribution in [0.25, 0.3) is 0 Å². The molecule has 1 N–H and O–H groups in total. The fourth-order valence-corrected chi connectivity index (χ4v) is 3.53. The lowest BCUT2D eigenvalue weighted by molar-refractivity contribution is 0.485. The van der Waals surface area contributed by atoms with E-state index in [1.807, 2.05) is 24.9 Å². The third-order valence-corrected chi connectivity index (χ3v) is 4.92. The Labute approximate surface area is 179 Å². The van der Waals surface area contributed by atoms with Crippen molar-refractivity contribution in [3.8, 4) is 0 Å². The molecule has 142 valence electrons. The average molecular weight is 536 g/mol. The number of guanidine groups is 1. The standard InChI is InChI=1S/C18H23BrFN5.HI/c1-3-21-18(22-9-14-8-16(19)4-5-17(14)20)25-7-6-13(12-25)15-10-23-24(2)11-15;/h4-5,8,10-11,13H,3,6-7,9,12H2,1-2H3,(H,21,22);1H. The molecule has 0 amide bonds. The van der Waals surface area contributed by atoms with Gasteiger partial charge >= 0.3 is 0 Å². The largest absolute Gasteiger partial charge is 0.357 e. The van der Waals surface area contributed by atoms with Crippen molar-refractivity contribution in [2.45, 2.75) is 25.8 Å². The summed E-state index contributed by atoms with van der Waals surface area (Å²) in [6, 6.07) is 4.95. The maximum absolute atomic E-state index is 13.9. The fourth-order valence-electron chi connectivity index (χ4n) is 3.13. The minimum atomic E-state index is -0.225.